The van der Waals surface area contributed by atoms with Crippen molar-refractivity contribution >= 4 is 34.2 Å². The van der Waals surface area contributed by atoms with Gasteiger partial charge in [0, 0.05) is 11.8 Å². The molecule has 0 aliphatic heterocycles. The second-order valence-electron chi connectivity index (χ2n) is 9.67. The molecule has 0 aromatic carbocycles. The molecule has 0 radical (unpaired) electrons. The largest absolute Gasteiger partial charge is 0.300 e. The average molecular weight is 496 g/mol. The number of carbonyl (C=O) groups is 2. The molecule has 0 aromatic rings. The maximum atomic E-state index is 12.2. The molecule has 5 rings (SSSR count). The third-order valence-electron chi connectivity index (χ3n) is 8.94. The molecule has 0 bridgehead atoms. The molecular weight excluding hydrogens is 459 g/mol. The molecule has 3 fully saturated rings. The fourth-order valence-electron chi connectivity index (χ4n) is 7.56. The molecule has 0 saturated heterocycles. The van der Waals surface area contributed by atoms with Crippen molar-refractivity contribution in [2.75, 3.05) is 4.93 Å². The van der Waals surface area contributed by atoms with Crippen LogP contribution in [-0.2, 0) is 9.59 Å². The molecule has 8 atom stereocenters. The molecule has 0 heterocycles. The quantitative estimate of drug-likeness (QED) is 0.310. The van der Waals surface area contributed by atoms with Gasteiger partial charge in [-0.05, 0) is 90.1 Å². The van der Waals surface area contributed by atoms with Gasteiger partial charge in [-0.15, -0.1) is 0 Å². The van der Waals surface area contributed by atoms with Crippen LogP contribution in [0.4, 0.5) is 0 Å². The smallest absolute Gasteiger partial charge is 0.159 e. The van der Waals surface area contributed by atoms with Crippen molar-refractivity contribution in [1.29, 1.82) is 0 Å². The van der Waals surface area contributed by atoms with Crippen LogP contribution in [0.3, 0.4) is 0 Å². The summed E-state index contributed by atoms with van der Waals surface area (Å²) in [6.45, 7) is 10.6. The molecule has 28 heavy (non-hydrogen) atoms. The Labute approximate surface area is 185 Å². The number of fused-ring (bicyclic) bond motifs is 7. The van der Waals surface area contributed by atoms with E-state index in [-0.39, 0.29) is 16.7 Å². The standard InChI is InChI=1S/C22H28O2.C2H6.CH3I/c1-12(23)16-6-7-17-14-5-4-13-10-20(24)15-11-19(15)22(13,3)18(14)8-9-21(16,17)2;2*1-2/h4-5,10,14-19H,6-9,11H2,1-3H3;1-2H3;1H3/t14-,15?,16+,17-,18+,19?,21?,22+;;/m0../s1. The molecule has 5 aliphatic carbocycles. The second-order valence-corrected chi connectivity index (χ2v) is 9.67. The van der Waals surface area contributed by atoms with Gasteiger partial charge in [-0.3, -0.25) is 9.59 Å². The molecule has 0 N–H and O–H groups in total. The number of allylic oxidation sites excluding steroid dienone is 4. The number of halogens is 1. The normalized spacial score (nSPS) is 47.0. The van der Waals surface area contributed by atoms with E-state index in [2.05, 4.69) is 48.6 Å². The van der Waals surface area contributed by atoms with Gasteiger partial charge in [0.2, 0.25) is 0 Å². The number of hydrogen-bond acceptors (Lipinski definition) is 2. The first-order chi connectivity index (χ1) is 13.4. The zero-order chi connectivity index (χ0) is 20.9. The molecule has 156 valence electrons. The summed E-state index contributed by atoms with van der Waals surface area (Å²) in [6, 6.07) is 0. The van der Waals surface area contributed by atoms with Gasteiger partial charge in [0.05, 0.1) is 0 Å². The molecule has 3 unspecified atom stereocenters. The van der Waals surface area contributed by atoms with Crippen molar-refractivity contribution in [3.8, 4) is 0 Å². The molecule has 0 spiro atoms. The predicted octanol–water partition coefficient (Wildman–Crippen LogP) is 6.43. The van der Waals surface area contributed by atoms with Crippen molar-refractivity contribution in [3.63, 3.8) is 0 Å². The summed E-state index contributed by atoms with van der Waals surface area (Å²) in [5.41, 5.74) is 1.70. The minimum Gasteiger partial charge on any atom is -0.300 e. The van der Waals surface area contributed by atoms with Gasteiger partial charge in [0.25, 0.3) is 0 Å². The lowest BCUT2D eigenvalue weighted by atomic mass is 9.48. The Morgan fingerprint density at radius 3 is 2.39 bits per heavy atom. The number of Topliss-reactive ketones (excluding diaryl/α,β-unsaturated/α-hetero) is 1. The summed E-state index contributed by atoms with van der Waals surface area (Å²) >= 11 is 2.15. The van der Waals surface area contributed by atoms with E-state index in [4.69, 9.17) is 0 Å². The Morgan fingerprint density at radius 1 is 1.07 bits per heavy atom. The minimum atomic E-state index is 0.197. The number of ketones is 2. The first-order valence-electron chi connectivity index (χ1n) is 11.2. The summed E-state index contributed by atoms with van der Waals surface area (Å²) in [7, 11) is 0. The summed E-state index contributed by atoms with van der Waals surface area (Å²) in [5.74, 6) is 3.84. The third-order valence-corrected chi connectivity index (χ3v) is 8.94. The van der Waals surface area contributed by atoms with E-state index >= 15 is 0 Å². The molecule has 0 aromatic heterocycles. The molecule has 2 nitrogen and oxygen atoms in total. The van der Waals surface area contributed by atoms with Crippen LogP contribution >= 0.6 is 22.6 Å². The maximum Gasteiger partial charge on any atom is 0.159 e. The van der Waals surface area contributed by atoms with Crippen LogP contribution in [0, 0.1) is 46.3 Å². The van der Waals surface area contributed by atoms with Gasteiger partial charge < -0.3 is 0 Å². The van der Waals surface area contributed by atoms with Crippen LogP contribution in [-0.4, -0.2) is 16.5 Å². The van der Waals surface area contributed by atoms with Crippen LogP contribution in [0.2, 0.25) is 0 Å². The number of carbonyl (C=O) groups excluding carboxylic acids is 2. The Morgan fingerprint density at radius 2 is 1.75 bits per heavy atom. The van der Waals surface area contributed by atoms with E-state index in [1.54, 1.807) is 6.92 Å². The molecule has 3 saturated carbocycles. The highest BCUT2D eigenvalue weighted by molar-refractivity contribution is 14.1. The van der Waals surface area contributed by atoms with Crippen LogP contribution in [0.25, 0.3) is 0 Å². The fourth-order valence-corrected chi connectivity index (χ4v) is 7.56. The minimum absolute atomic E-state index is 0.197. The van der Waals surface area contributed by atoms with Crippen molar-refractivity contribution in [1.82, 2.24) is 0 Å². The van der Waals surface area contributed by atoms with Crippen molar-refractivity contribution < 1.29 is 9.59 Å². The van der Waals surface area contributed by atoms with Crippen LogP contribution in [0.15, 0.2) is 23.8 Å². The number of rotatable bonds is 1. The van der Waals surface area contributed by atoms with Gasteiger partial charge >= 0.3 is 0 Å². The zero-order valence-electron chi connectivity index (χ0n) is 18.4. The topological polar surface area (TPSA) is 34.1 Å². The monoisotopic (exact) mass is 496 g/mol. The second kappa shape index (κ2) is 8.00. The summed E-state index contributed by atoms with van der Waals surface area (Å²) in [5, 5.41) is 0. The summed E-state index contributed by atoms with van der Waals surface area (Å²) < 4.78 is 0. The van der Waals surface area contributed by atoms with E-state index in [1.165, 1.54) is 24.8 Å². The van der Waals surface area contributed by atoms with Crippen LogP contribution < -0.4 is 0 Å². The molecule has 0 amide bonds. The van der Waals surface area contributed by atoms with E-state index in [9.17, 15) is 9.59 Å². The van der Waals surface area contributed by atoms with Crippen LogP contribution in [0.5, 0.6) is 0 Å². The first kappa shape index (κ1) is 22.2. The highest BCUT2D eigenvalue weighted by Gasteiger charge is 2.65. The predicted molar refractivity (Wildman–Crippen MR) is 124 cm³/mol. The molecule has 3 heteroatoms. The highest BCUT2D eigenvalue weighted by Crippen LogP contribution is 2.70. The summed E-state index contributed by atoms with van der Waals surface area (Å²) in [6.07, 6.45) is 12.4. The van der Waals surface area contributed by atoms with Gasteiger partial charge in [-0.1, -0.05) is 62.4 Å². The van der Waals surface area contributed by atoms with E-state index < -0.39 is 0 Å². The Balaban J connectivity index is 0.000000531. The SMILES string of the molecule is CC.CC(=O)[C@H]1CC[C@H]2[C@@H]3C=CC4=CC(=O)C5CC5[C@@]4(C)[C@@H]3CCC12C.CI. The van der Waals surface area contributed by atoms with Gasteiger partial charge in [-0.25, -0.2) is 0 Å². The lowest BCUT2D eigenvalue weighted by Gasteiger charge is -2.56. The van der Waals surface area contributed by atoms with Gasteiger partial charge in [-0.2, -0.15) is 0 Å². The van der Waals surface area contributed by atoms with Crippen molar-refractivity contribution in [3.05, 3.63) is 23.8 Å². The number of hydrogen-bond donors (Lipinski definition) is 0. The fraction of sp³-hybridized carbons (Fsp3) is 0.760. The summed E-state index contributed by atoms with van der Waals surface area (Å²) in [4.78, 5) is 26.4. The lowest BCUT2D eigenvalue weighted by Crippen LogP contribution is -2.50. The van der Waals surface area contributed by atoms with E-state index in [1.807, 2.05) is 24.9 Å². The Bertz CT molecular complexity index is 707. The van der Waals surface area contributed by atoms with E-state index in [0.29, 0.717) is 41.2 Å². The average Bonchev–Trinajstić information content (AvgIpc) is 3.43. The molecular formula is C25H37IO2. The Kier molecular flexibility index (Phi) is 6.35. The van der Waals surface area contributed by atoms with Crippen molar-refractivity contribution in [2.45, 2.75) is 66.7 Å². The van der Waals surface area contributed by atoms with Gasteiger partial charge in [0.15, 0.2) is 5.78 Å². The first-order valence-corrected chi connectivity index (χ1v) is 13.4. The molecule has 5 aliphatic rings. The van der Waals surface area contributed by atoms with Gasteiger partial charge in [0.1, 0.15) is 5.78 Å². The van der Waals surface area contributed by atoms with E-state index in [0.717, 1.165) is 12.8 Å². The maximum absolute atomic E-state index is 12.2. The zero-order valence-corrected chi connectivity index (χ0v) is 20.6. The van der Waals surface area contributed by atoms with Crippen LogP contribution in [0.1, 0.15) is 66.7 Å². The number of alkyl halides is 1. The third kappa shape index (κ3) is 3.01. The lowest BCUT2D eigenvalue weighted by molar-refractivity contribution is -0.127. The van der Waals surface area contributed by atoms with Crippen molar-refractivity contribution in [2.24, 2.45) is 46.3 Å². The highest BCUT2D eigenvalue weighted by atomic mass is 127. The Hall–Kier alpha value is -0.450.